The standard InChI is InChI=1S/C25H21NO6/c1-31-24(29)19-13-11-17(12-14-19)15-26-22(27)16-32-25(30)21-10-6-5-9-20(21)23(28)18-7-3-2-4-8-18/h2-14H,15-16H2,1H3,(H,26,27). The zero-order valence-corrected chi connectivity index (χ0v) is 17.4. The van der Waals surface area contributed by atoms with Crippen LogP contribution in [-0.2, 0) is 20.8 Å². The molecule has 1 amide bonds. The first kappa shape index (κ1) is 22.4. The average molecular weight is 431 g/mol. The third-order valence-corrected chi connectivity index (χ3v) is 4.63. The Bertz CT molecular complexity index is 1120. The van der Waals surface area contributed by atoms with Gasteiger partial charge in [0, 0.05) is 17.7 Å². The molecule has 0 saturated carbocycles. The maximum atomic E-state index is 12.7. The van der Waals surface area contributed by atoms with Crippen molar-refractivity contribution in [1.82, 2.24) is 5.32 Å². The molecule has 0 bridgehead atoms. The van der Waals surface area contributed by atoms with Crippen molar-refractivity contribution in [3.63, 3.8) is 0 Å². The number of rotatable bonds is 8. The number of amides is 1. The molecule has 7 heteroatoms. The zero-order chi connectivity index (χ0) is 22.9. The molecular weight excluding hydrogens is 410 g/mol. The van der Waals surface area contributed by atoms with Crippen LogP contribution in [0.3, 0.4) is 0 Å². The highest BCUT2D eigenvalue weighted by atomic mass is 16.5. The Labute approximate surface area is 185 Å². The van der Waals surface area contributed by atoms with Crippen LogP contribution < -0.4 is 5.32 Å². The third-order valence-electron chi connectivity index (χ3n) is 4.63. The van der Waals surface area contributed by atoms with Crippen molar-refractivity contribution in [2.45, 2.75) is 6.54 Å². The summed E-state index contributed by atoms with van der Waals surface area (Å²) in [5.74, 6) is -2.01. The van der Waals surface area contributed by atoms with Crippen LogP contribution in [-0.4, -0.2) is 37.3 Å². The van der Waals surface area contributed by atoms with Gasteiger partial charge in [-0.15, -0.1) is 0 Å². The highest BCUT2D eigenvalue weighted by Crippen LogP contribution is 2.16. The Morgan fingerprint density at radius 3 is 2.00 bits per heavy atom. The minimum absolute atomic E-state index is 0.0903. The summed E-state index contributed by atoms with van der Waals surface area (Å²) < 4.78 is 9.74. The SMILES string of the molecule is COC(=O)c1ccc(CNC(=O)COC(=O)c2ccccc2C(=O)c2ccccc2)cc1. The first-order valence-electron chi connectivity index (χ1n) is 9.79. The van der Waals surface area contributed by atoms with E-state index in [1.165, 1.54) is 13.2 Å². The van der Waals surface area contributed by atoms with E-state index >= 15 is 0 Å². The Balaban J connectivity index is 1.56. The van der Waals surface area contributed by atoms with E-state index in [9.17, 15) is 19.2 Å². The number of ether oxygens (including phenoxy) is 2. The molecule has 0 radical (unpaired) electrons. The minimum Gasteiger partial charge on any atom is -0.465 e. The van der Waals surface area contributed by atoms with E-state index in [2.05, 4.69) is 10.1 Å². The second kappa shape index (κ2) is 10.7. The summed E-state index contributed by atoms with van der Waals surface area (Å²) >= 11 is 0. The van der Waals surface area contributed by atoms with Gasteiger partial charge in [0.1, 0.15) is 0 Å². The fraction of sp³-hybridized carbons (Fsp3) is 0.120. The van der Waals surface area contributed by atoms with Crippen molar-refractivity contribution >= 4 is 23.6 Å². The number of methoxy groups -OCH3 is 1. The Kier molecular flexibility index (Phi) is 7.48. The van der Waals surface area contributed by atoms with Gasteiger partial charge in [0.15, 0.2) is 12.4 Å². The lowest BCUT2D eigenvalue weighted by molar-refractivity contribution is -0.124. The van der Waals surface area contributed by atoms with Crippen molar-refractivity contribution in [1.29, 1.82) is 0 Å². The number of esters is 2. The molecule has 0 unspecified atom stereocenters. The predicted octanol–water partition coefficient (Wildman–Crippen LogP) is 3.18. The van der Waals surface area contributed by atoms with E-state index in [4.69, 9.17) is 4.74 Å². The zero-order valence-electron chi connectivity index (χ0n) is 17.4. The Morgan fingerprint density at radius 2 is 1.34 bits per heavy atom. The quantitative estimate of drug-likeness (QED) is 0.435. The number of carbonyl (C=O) groups excluding carboxylic acids is 4. The average Bonchev–Trinajstić information content (AvgIpc) is 2.85. The molecular formula is C25H21NO6. The first-order chi connectivity index (χ1) is 15.5. The van der Waals surface area contributed by atoms with E-state index in [1.807, 2.05) is 0 Å². The van der Waals surface area contributed by atoms with Gasteiger partial charge in [-0.25, -0.2) is 9.59 Å². The molecule has 0 aliphatic rings. The van der Waals surface area contributed by atoms with Crippen LogP contribution in [0.4, 0.5) is 0 Å². The molecule has 1 N–H and O–H groups in total. The fourth-order valence-corrected chi connectivity index (χ4v) is 2.94. The van der Waals surface area contributed by atoms with E-state index in [-0.39, 0.29) is 23.5 Å². The van der Waals surface area contributed by atoms with Crippen molar-refractivity contribution < 1.29 is 28.7 Å². The number of ketones is 1. The molecule has 3 aromatic carbocycles. The molecule has 0 heterocycles. The van der Waals surface area contributed by atoms with Gasteiger partial charge in [-0.3, -0.25) is 9.59 Å². The number of benzene rings is 3. The second-order valence-corrected chi connectivity index (χ2v) is 6.78. The molecule has 7 nitrogen and oxygen atoms in total. The van der Waals surface area contributed by atoms with Gasteiger partial charge in [0.2, 0.25) is 0 Å². The molecule has 0 aromatic heterocycles. The maximum absolute atomic E-state index is 12.7. The van der Waals surface area contributed by atoms with E-state index in [1.54, 1.807) is 72.8 Å². The van der Waals surface area contributed by atoms with E-state index in [0.717, 1.165) is 5.56 Å². The summed E-state index contributed by atoms with van der Waals surface area (Å²) in [6, 6.07) is 21.5. The van der Waals surface area contributed by atoms with Gasteiger partial charge in [-0.1, -0.05) is 60.7 Å². The lowest BCUT2D eigenvalue weighted by Gasteiger charge is -2.10. The van der Waals surface area contributed by atoms with Gasteiger partial charge in [0.05, 0.1) is 18.2 Å². The van der Waals surface area contributed by atoms with Crippen LogP contribution in [0.25, 0.3) is 0 Å². The summed E-state index contributed by atoms with van der Waals surface area (Å²) in [4.78, 5) is 48.8. The number of carbonyl (C=O) groups is 4. The smallest absolute Gasteiger partial charge is 0.339 e. The molecule has 0 aliphatic heterocycles. The maximum Gasteiger partial charge on any atom is 0.339 e. The topological polar surface area (TPSA) is 98.8 Å². The van der Waals surface area contributed by atoms with Crippen LogP contribution in [0.2, 0.25) is 0 Å². The van der Waals surface area contributed by atoms with Crippen LogP contribution in [0.15, 0.2) is 78.9 Å². The molecule has 0 saturated heterocycles. The van der Waals surface area contributed by atoms with Crippen molar-refractivity contribution in [2.75, 3.05) is 13.7 Å². The van der Waals surface area contributed by atoms with Gasteiger partial charge < -0.3 is 14.8 Å². The summed E-state index contributed by atoms with van der Waals surface area (Å²) in [6.45, 7) is -0.298. The summed E-state index contributed by atoms with van der Waals surface area (Å²) in [7, 11) is 1.30. The second-order valence-electron chi connectivity index (χ2n) is 6.78. The molecule has 162 valence electrons. The normalized spacial score (nSPS) is 10.2. The van der Waals surface area contributed by atoms with E-state index < -0.39 is 24.5 Å². The van der Waals surface area contributed by atoms with Crippen LogP contribution in [0.5, 0.6) is 0 Å². The molecule has 0 fully saturated rings. The highest BCUT2D eigenvalue weighted by Gasteiger charge is 2.19. The summed E-state index contributed by atoms with van der Waals surface area (Å²) in [6.07, 6.45) is 0. The first-order valence-corrected chi connectivity index (χ1v) is 9.79. The molecule has 0 spiro atoms. The Morgan fingerprint density at radius 1 is 0.719 bits per heavy atom. The fourth-order valence-electron chi connectivity index (χ4n) is 2.94. The monoisotopic (exact) mass is 431 g/mol. The number of nitrogens with one attached hydrogen (secondary N) is 1. The van der Waals surface area contributed by atoms with Crippen molar-refractivity contribution in [3.05, 3.63) is 107 Å². The summed E-state index contributed by atoms with van der Waals surface area (Å²) in [5.41, 5.74) is 1.91. The molecule has 0 aliphatic carbocycles. The molecule has 0 atom stereocenters. The molecule has 32 heavy (non-hydrogen) atoms. The lowest BCUT2D eigenvalue weighted by atomic mass is 9.98. The van der Waals surface area contributed by atoms with Gasteiger partial charge in [-0.2, -0.15) is 0 Å². The predicted molar refractivity (Wildman–Crippen MR) is 116 cm³/mol. The molecule has 3 rings (SSSR count). The number of hydrogen-bond donors (Lipinski definition) is 1. The largest absolute Gasteiger partial charge is 0.465 e. The van der Waals surface area contributed by atoms with Crippen molar-refractivity contribution in [2.24, 2.45) is 0 Å². The number of hydrogen-bond acceptors (Lipinski definition) is 6. The van der Waals surface area contributed by atoms with Gasteiger partial charge >= 0.3 is 11.9 Å². The van der Waals surface area contributed by atoms with E-state index in [0.29, 0.717) is 11.1 Å². The van der Waals surface area contributed by atoms with Crippen LogP contribution in [0, 0.1) is 0 Å². The van der Waals surface area contributed by atoms with Gasteiger partial charge in [-0.05, 0) is 23.8 Å². The lowest BCUT2D eigenvalue weighted by Crippen LogP contribution is -2.28. The van der Waals surface area contributed by atoms with Crippen molar-refractivity contribution in [3.8, 4) is 0 Å². The Hall–Kier alpha value is -4.26. The molecule has 3 aromatic rings. The highest BCUT2D eigenvalue weighted by molar-refractivity contribution is 6.14. The van der Waals surface area contributed by atoms with Crippen LogP contribution in [0.1, 0.15) is 42.2 Å². The minimum atomic E-state index is -0.762. The van der Waals surface area contributed by atoms with Crippen LogP contribution >= 0.6 is 0 Å². The third kappa shape index (κ3) is 5.66. The summed E-state index contributed by atoms with van der Waals surface area (Å²) in [5, 5.41) is 2.63. The van der Waals surface area contributed by atoms with Gasteiger partial charge in [0.25, 0.3) is 5.91 Å².